The molecule has 3 N–H and O–H groups in total. The van der Waals surface area contributed by atoms with Crippen LogP contribution in [0.3, 0.4) is 0 Å². The highest BCUT2D eigenvalue weighted by atomic mass is 32.2. The van der Waals surface area contributed by atoms with Crippen molar-refractivity contribution >= 4 is 27.3 Å². The molecule has 0 amide bonds. The lowest BCUT2D eigenvalue weighted by Gasteiger charge is -2.08. The second-order valence-corrected chi connectivity index (χ2v) is 6.54. The van der Waals surface area contributed by atoms with E-state index in [0.29, 0.717) is 16.5 Å². The topological polar surface area (TPSA) is 107 Å². The second kappa shape index (κ2) is 5.73. The van der Waals surface area contributed by atoms with Crippen molar-refractivity contribution in [3.63, 3.8) is 0 Å². The first-order valence-electron chi connectivity index (χ1n) is 5.65. The highest BCUT2D eigenvalue weighted by molar-refractivity contribution is 7.92. The number of hydrogen-bond acceptors (Lipinski definition) is 7. The number of rotatable bonds is 5. The Morgan fingerprint density at radius 1 is 1.45 bits per heavy atom. The van der Waals surface area contributed by atoms with Crippen LogP contribution in [0, 0.1) is 6.92 Å². The van der Waals surface area contributed by atoms with E-state index in [1.54, 1.807) is 18.4 Å². The summed E-state index contributed by atoms with van der Waals surface area (Å²) < 4.78 is 31.9. The van der Waals surface area contributed by atoms with E-state index < -0.39 is 10.0 Å². The highest BCUT2D eigenvalue weighted by Gasteiger charge is 2.20. The van der Waals surface area contributed by atoms with Crippen LogP contribution in [0.2, 0.25) is 0 Å². The molecule has 0 unspecified atom stereocenters. The van der Waals surface area contributed by atoms with Gasteiger partial charge >= 0.3 is 0 Å². The average molecular weight is 314 g/mol. The minimum atomic E-state index is -3.75. The Labute approximate surface area is 120 Å². The van der Waals surface area contributed by atoms with Crippen LogP contribution in [0.15, 0.2) is 22.4 Å². The molecule has 0 radical (unpaired) electrons. The summed E-state index contributed by atoms with van der Waals surface area (Å²) in [6.45, 7) is 1.88. The van der Waals surface area contributed by atoms with E-state index in [9.17, 15) is 8.42 Å². The molecule has 0 aliphatic heterocycles. The minimum absolute atomic E-state index is 0.0315. The first-order chi connectivity index (χ1) is 9.46. The lowest BCUT2D eigenvalue weighted by Crippen LogP contribution is -2.17. The maximum absolute atomic E-state index is 12.3. The molecule has 0 fully saturated rings. The Hall–Kier alpha value is -1.71. The monoisotopic (exact) mass is 314 g/mol. The van der Waals surface area contributed by atoms with E-state index in [0.717, 1.165) is 0 Å². The summed E-state index contributed by atoms with van der Waals surface area (Å²) in [5.41, 5.74) is 6.12. The van der Waals surface area contributed by atoms with Crippen LogP contribution >= 0.6 is 11.3 Å². The SMILES string of the molecule is COc1cc(C)nc(NS(=O)(=O)c2ccsc2CN)n1. The largest absolute Gasteiger partial charge is 0.481 e. The molecule has 0 atom stereocenters. The van der Waals surface area contributed by atoms with Gasteiger partial charge in [-0.05, 0) is 18.4 Å². The molecule has 0 aliphatic rings. The number of aromatic nitrogens is 2. The number of anilines is 1. The summed E-state index contributed by atoms with van der Waals surface area (Å²) in [5, 5.41) is 1.68. The van der Waals surface area contributed by atoms with Gasteiger partial charge in [0.1, 0.15) is 4.90 Å². The maximum atomic E-state index is 12.3. The summed E-state index contributed by atoms with van der Waals surface area (Å²) in [4.78, 5) is 8.70. The van der Waals surface area contributed by atoms with Gasteiger partial charge in [-0.2, -0.15) is 4.98 Å². The van der Waals surface area contributed by atoms with Crippen molar-refractivity contribution in [1.29, 1.82) is 0 Å². The van der Waals surface area contributed by atoms with Gasteiger partial charge in [0.15, 0.2) is 0 Å². The van der Waals surface area contributed by atoms with Crippen LogP contribution in [0.5, 0.6) is 5.88 Å². The second-order valence-electron chi connectivity index (χ2n) is 3.89. The van der Waals surface area contributed by atoms with Crippen LogP contribution in [0.4, 0.5) is 5.95 Å². The van der Waals surface area contributed by atoms with Gasteiger partial charge in [0.2, 0.25) is 11.8 Å². The number of sulfonamides is 1. The number of nitrogens with two attached hydrogens (primary N) is 1. The van der Waals surface area contributed by atoms with Crippen molar-refractivity contribution in [1.82, 2.24) is 9.97 Å². The van der Waals surface area contributed by atoms with Gasteiger partial charge < -0.3 is 10.5 Å². The summed E-state index contributed by atoms with van der Waals surface area (Å²) in [7, 11) is -2.30. The van der Waals surface area contributed by atoms with Crippen molar-refractivity contribution in [2.45, 2.75) is 18.4 Å². The fourth-order valence-corrected chi connectivity index (χ4v) is 3.86. The molecule has 108 valence electrons. The average Bonchev–Trinajstić information content (AvgIpc) is 2.86. The normalized spacial score (nSPS) is 11.3. The molecule has 20 heavy (non-hydrogen) atoms. The molecule has 9 heteroatoms. The maximum Gasteiger partial charge on any atom is 0.265 e. The van der Waals surface area contributed by atoms with Crippen LogP contribution in [-0.4, -0.2) is 25.5 Å². The van der Waals surface area contributed by atoms with Crippen molar-refractivity contribution in [3.8, 4) is 5.88 Å². The first-order valence-corrected chi connectivity index (χ1v) is 8.01. The summed E-state index contributed by atoms with van der Waals surface area (Å²) >= 11 is 1.29. The summed E-state index contributed by atoms with van der Waals surface area (Å²) in [6, 6.07) is 3.11. The summed E-state index contributed by atoms with van der Waals surface area (Å²) in [5.74, 6) is 0.260. The Morgan fingerprint density at radius 3 is 2.85 bits per heavy atom. The Kier molecular flexibility index (Phi) is 4.21. The van der Waals surface area contributed by atoms with Gasteiger partial charge in [0.25, 0.3) is 10.0 Å². The number of aryl methyl sites for hydroxylation is 1. The van der Waals surface area contributed by atoms with Gasteiger partial charge in [-0.1, -0.05) is 0 Å². The van der Waals surface area contributed by atoms with E-state index in [1.807, 2.05) is 0 Å². The van der Waals surface area contributed by atoms with Crippen molar-refractivity contribution in [2.75, 3.05) is 11.8 Å². The zero-order valence-corrected chi connectivity index (χ0v) is 12.6. The lowest BCUT2D eigenvalue weighted by molar-refractivity contribution is 0.397. The van der Waals surface area contributed by atoms with Crippen molar-refractivity contribution < 1.29 is 13.2 Å². The van der Waals surface area contributed by atoms with E-state index in [1.165, 1.54) is 24.5 Å². The minimum Gasteiger partial charge on any atom is -0.481 e. The molecular weight excluding hydrogens is 300 g/mol. The predicted molar refractivity (Wildman–Crippen MR) is 76.3 cm³/mol. The molecule has 0 aliphatic carbocycles. The fourth-order valence-electron chi connectivity index (χ4n) is 1.58. The van der Waals surface area contributed by atoms with Gasteiger partial charge in [0.05, 0.1) is 7.11 Å². The van der Waals surface area contributed by atoms with Crippen molar-refractivity contribution in [3.05, 3.63) is 28.1 Å². The number of hydrogen-bond donors (Lipinski definition) is 2. The van der Waals surface area contributed by atoms with Gasteiger partial charge in [0, 0.05) is 23.2 Å². The first kappa shape index (κ1) is 14.7. The van der Waals surface area contributed by atoms with E-state index in [-0.39, 0.29) is 17.4 Å². The number of ether oxygens (including phenoxy) is 1. The highest BCUT2D eigenvalue weighted by Crippen LogP contribution is 2.23. The third-order valence-corrected chi connectivity index (χ3v) is 4.93. The van der Waals surface area contributed by atoms with Crippen LogP contribution < -0.4 is 15.2 Å². The molecule has 2 aromatic heterocycles. The molecular formula is C11H14N4O3S2. The molecule has 0 spiro atoms. The molecule has 0 bridgehead atoms. The summed E-state index contributed by atoms with van der Waals surface area (Å²) in [6.07, 6.45) is 0. The van der Waals surface area contributed by atoms with E-state index in [4.69, 9.17) is 10.5 Å². The molecule has 2 rings (SSSR count). The predicted octanol–water partition coefficient (Wildman–Crippen LogP) is 1.11. The van der Waals surface area contributed by atoms with Gasteiger partial charge in [-0.25, -0.2) is 18.1 Å². The smallest absolute Gasteiger partial charge is 0.265 e. The number of methoxy groups -OCH3 is 1. The van der Waals surface area contributed by atoms with Gasteiger partial charge in [-0.3, -0.25) is 0 Å². The molecule has 2 aromatic rings. The Morgan fingerprint density at radius 2 is 2.20 bits per heavy atom. The zero-order chi connectivity index (χ0) is 14.8. The van der Waals surface area contributed by atoms with Gasteiger partial charge in [-0.15, -0.1) is 11.3 Å². The van der Waals surface area contributed by atoms with E-state index >= 15 is 0 Å². The third-order valence-electron chi connectivity index (χ3n) is 2.44. The molecule has 2 heterocycles. The third kappa shape index (κ3) is 3.06. The lowest BCUT2D eigenvalue weighted by atomic mass is 10.4. The standard InChI is InChI=1S/C11H14N4O3S2/c1-7-5-10(18-2)14-11(13-7)15-20(16,17)9-3-4-19-8(9)6-12/h3-5H,6,12H2,1-2H3,(H,13,14,15). The Balaban J connectivity index is 2.36. The molecule has 0 saturated heterocycles. The zero-order valence-electron chi connectivity index (χ0n) is 11.0. The number of nitrogens with one attached hydrogen (secondary N) is 1. The number of thiophene rings is 1. The fraction of sp³-hybridized carbons (Fsp3) is 0.273. The Bertz CT molecular complexity index is 712. The number of nitrogens with zero attached hydrogens (tertiary/aromatic N) is 2. The van der Waals surface area contributed by atoms with Crippen molar-refractivity contribution in [2.24, 2.45) is 5.73 Å². The molecule has 0 saturated carbocycles. The quantitative estimate of drug-likeness (QED) is 0.856. The van der Waals surface area contributed by atoms with Crippen LogP contribution in [0.25, 0.3) is 0 Å². The molecule has 0 aromatic carbocycles. The van der Waals surface area contributed by atoms with Crippen LogP contribution in [0.1, 0.15) is 10.6 Å². The molecule has 7 nitrogen and oxygen atoms in total. The van der Waals surface area contributed by atoms with Crippen LogP contribution in [-0.2, 0) is 16.6 Å². The van der Waals surface area contributed by atoms with E-state index in [2.05, 4.69) is 14.7 Å².